The third-order valence-electron chi connectivity index (χ3n) is 5.55. The fourth-order valence-corrected chi connectivity index (χ4v) is 3.80. The molecule has 1 amide bonds. The third-order valence-corrected chi connectivity index (χ3v) is 5.55. The molecule has 0 bridgehead atoms. The van der Waals surface area contributed by atoms with Crippen LogP contribution < -0.4 is 4.74 Å². The molecule has 9 heteroatoms. The summed E-state index contributed by atoms with van der Waals surface area (Å²) in [6.45, 7) is 4.03. The lowest BCUT2D eigenvalue weighted by molar-refractivity contribution is -0.128. The maximum atomic E-state index is 14.4. The molecule has 4 rings (SSSR count). The van der Waals surface area contributed by atoms with E-state index in [2.05, 4.69) is 10.2 Å². The summed E-state index contributed by atoms with van der Waals surface area (Å²) < 4.78 is 20.3. The molecule has 1 N–H and O–H groups in total. The van der Waals surface area contributed by atoms with Gasteiger partial charge in [-0.05, 0) is 54.4 Å². The molecule has 1 saturated heterocycles. The molecule has 3 aromatic rings. The molecule has 0 aliphatic carbocycles. The Kier molecular flexibility index (Phi) is 6.36. The van der Waals surface area contributed by atoms with Gasteiger partial charge in [-0.25, -0.2) is 9.18 Å². The number of carboxylic acids is 1. The van der Waals surface area contributed by atoms with E-state index in [9.17, 15) is 23.9 Å². The first kappa shape index (κ1) is 23.0. The molecule has 1 atom stereocenters. The van der Waals surface area contributed by atoms with Crippen LogP contribution in [0.5, 0.6) is 11.5 Å². The van der Waals surface area contributed by atoms with Crippen LogP contribution in [0.25, 0.3) is 11.3 Å². The van der Waals surface area contributed by atoms with Gasteiger partial charge < -0.3 is 14.7 Å². The number of Topliss-reactive ketones (excluding diaryl/α,β-unsaturated/α-hetero) is 1. The van der Waals surface area contributed by atoms with Gasteiger partial charge in [0.15, 0.2) is 5.78 Å². The van der Waals surface area contributed by atoms with Gasteiger partial charge in [-0.3, -0.25) is 9.59 Å². The van der Waals surface area contributed by atoms with Gasteiger partial charge in [-0.15, -0.1) is 10.2 Å². The summed E-state index contributed by atoms with van der Waals surface area (Å²) >= 11 is 0. The number of benzene rings is 2. The highest BCUT2D eigenvalue weighted by Crippen LogP contribution is 2.32. The lowest BCUT2D eigenvalue weighted by atomic mass is 10.1. The molecule has 0 spiro atoms. The molecule has 0 saturated carbocycles. The largest absolute Gasteiger partial charge is 0.478 e. The zero-order chi connectivity index (χ0) is 24.4. The number of ketones is 1. The second kappa shape index (κ2) is 9.38. The van der Waals surface area contributed by atoms with E-state index in [-0.39, 0.29) is 35.6 Å². The quantitative estimate of drug-likeness (QED) is 0.519. The Bertz CT molecular complexity index is 1260. The average molecular weight is 463 g/mol. The van der Waals surface area contributed by atoms with E-state index in [1.54, 1.807) is 41.3 Å². The second-order valence-corrected chi connectivity index (χ2v) is 8.31. The predicted octanol–water partition coefficient (Wildman–Crippen LogP) is 4.34. The van der Waals surface area contributed by atoms with E-state index in [0.29, 0.717) is 30.0 Å². The fourth-order valence-electron chi connectivity index (χ4n) is 3.80. The minimum Gasteiger partial charge on any atom is -0.478 e. The first-order valence-electron chi connectivity index (χ1n) is 10.7. The lowest BCUT2D eigenvalue weighted by Crippen LogP contribution is -2.25. The fraction of sp³-hybridized carbons (Fsp3) is 0.240. The number of aromatic nitrogens is 2. The van der Waals surface area contributed by atoms with Crippen molar-refractivity contribution in [2.75, 3.05) is 6.54 Å². The van der Waals surface area contributed by atoms with Crippen molar-refractivity contribution in [3.63, 3.8) is 0 Å². The van der Waals surface area contributed by atoms with Gasteiger partial charge in [0, 0.05) is 37.6 Å². The van der Waals surface area contributed by atoms with Crippen molar-refractivity contribution in [1.82, 2.24) is 15.1 Å². The zero-order valence-electron chi connectivity index (χ0n) is 18.6. The van der Waals surface area contributed by atoms with E-state index in [0.717, 1.165) is 17.7 Å². The number of carboxylic acid groups (broad SMARTS) is 1. The van der Waals surface area contributed by atoms with Gasteiger partial charge >= 0.3 is 5.97 Å². The van der Waals surface area contributed by atoms with E-state index < -0.39 is 17.3 Å². The number of carbonyl (C=O) groups excluding carboxylic acids is 2. The van der Waals surface area contributed by atoms with Crippen molar-refractivity contribution in [1.29, 1.82) is 0 Å². The molecule has 8 nitrogen and oxygen atoms in total. The van der Waals surface area contributed by atoms with Crippen LogP contribution in [-0.2, 0) is 11.3 Å². The maximum absolute atomic E-state index is 14.4. The summed E-state index contributed by atoms with van der Waals surface area (Å²) in [5, 5.41) is 17.3. The number of amides is 1. The Labute approximate surface area is 195 Å². The van der Waals surface area contributed by atoms with Crippen LogP contribution >= 0.6 is 0 Å². The summed E-state index contributed by atoms with van der Waals surface area (Å²) in [6, 6.07) is 12.3. The molecule has 1 fully saturated rings. The maximum Gasteiger partial charge on any atom is 0.338 e. The number of nitrogens with zero attached hydrogens (tertiary/aromatic N) is 3. The Morgan fingerprint density at radius 2 is 1.88 bits per heavy atom. The first-order valence-corrected chi connectivity index (χ1v) is 10.7. The molecule has 1 aliphatic heterocycles. The van der Waals surface area contributed by atoms with E-state index in [1.807, 2.05) is 6.92 Å². The molecule has 34 heavy (non-hydrogen) atoms. The van der Waals surface area contributed by atoms with Crippen molar-refractivity contribution in [3.05, 3.63) is 71.2 Å². The Balaban J connectivity index is 1.60. The van der Waals surface area contributed by atoms with Crippen molar-refractivity contribution >= 4 is 17.7 Å². The Hall–Kier alpha value is -4.14. The van der Waals surface area contributed by atoms with Gasteiger partial charge in [0.2, 0.25) is 5.91 Å². The van der Waals surface area contributed by atoms with Gasteiger partial charge in [-0.1, -0.05) is 6.92 Å². The summed E-state index contributed by atoms with van der Waals surface area (Å²) in [7, 11) is 0. The predicted molar refractivity (Wildman–Crippen MR) is 120 cm³/mol. The smallest absolute Gasteiger partial charge is 0.338 e. The third kappa shape index (κ3) is 4.93. The number of carbonyl (C=O) groups is 3. The monoisotopic (exact) mass is 463 g/mol. The molecular weight excluding hydrogens is 441 g/mol. The van der Waals surface area contributed by atoms with Crippen LogP contribution in [0.2, 0.25) is 0 Å². The first-order chi connectivity index (χ1) is 16.2. The second-order valence-electron chi connectivity index (χ2n) is 8.31. The number of likely N-dealkylation sites (tertiary alicyclic amines) is 1. The van der Waals surface area contributed by atoms with Gasteiger partial charge in [0.1, 0.15) is 23.0 Å². The molecule has 0 radical (unpaired) electrons. The van der Waals surface area contributed by atoms with Crippen LogP contribution in [0.15, 0.2) is 48.5 Å². The van der Waals surface area contributed by atoms with Crippen LogP contribution in [0, 0.1) is 11.7 Å². The van der Waals surface area contributed by atoms with E-state index >= 15 is 0 Å². The Morgan fingerprint density at radius 3 is 2.44 bits per heavy atom. The number of aromatic carboxylic acids is 1. The number of ether oxygens (including phenoxy) is 1. The van der Waals surface area contributed by atoms with Crippen LogP contribution in [0.4, 0.5) is 4.39 Å². The lowest BCUT2D eigenvalue weighted by Gasteiger charge is -2.19. The molecule has 1 aromatic heterocycles. The number of rotatable bonds is 7. The Morgan fingerprint density at radius 1 is 1.15 bits per heavy atom. The topological polar surface area (TPSA) is 110 Å². The number of halogens is 1. The highest BCUT2D eigenvalue weighted by molar-refractivity contribution is 5.92. The normalized spacial score (nSPS) is 15.4. The summed E-state index contributed by atoms with van der Waals surface area (Å²) in [6.07, 6.45) is 0.420. The van der Waals surface area contributed by atoms with E-state index in [1.165, 1.54) is 6.92 Å². The standard InChI is InChI=1S/C25H22FN3O5/c1-14-9-24(31)29(12-14)13-17-10-20(26)19(25(32)33)11-23(17)34-18-5-3-16(4-6-18)22-8-7-21(15(2)30)27-28-22/h3-8,10-11,14H,9,12-13H2,1-2H3,(H,32,33). The van der Waals surface area contributed by atoms with Gasteiger partial charge in [0.05, 0.1) is 11.3 Å². The van der Waals surface area contributed by atoms with Gasteiger partial charge in [-0.2, -0.15) is 0 Å². The molecule has 1 aliphatic rings. The van der Waals surface area contributed by atoms with Crippen molar-refractivity contribution < 1.29 is 28.6 Å². The van der Waals surface area contributed by atoms with Crippen molar-refractivity contribution in [2.24, 2.45) is 5.92 Å². The molecular formula is C25H22FN3O5. The minimum absolute atomic E-state index is 0.0394. The van der Waals surface area contributed by atoms with Crippen molar-refractivity contribution in [2.45, 2.75) is 26.8 Å². The molecule has 1 unspecified atom stereocenters. The number of hydrogen-bond donors (Lipinski definition) is 1. The number of hydrogen-bond acceptors (Lipinski definition) is 6. The van der Waals surface area contributed by atoms with Gasteiger partial charge in [0.25, 0.3) is 0 Å². The highest BCUT2D eigenvalue weighted by Gasteiger charge is 2.28. The SMILES string of the molecule is CC(=O)c1ccc(-c2ccc(Oc3cc(C(=O)O)c(F)cc3CN3CC(C)CC3=O)cc2)nn1. The minimum atomic E-state index is -1.41. The highest BCUT2D eigenvalue weighted by atomic mass is 19.1. The van der Waals surface area contributed by atoms with Crippen LogP contribution in [0.3, 0.4) is 0 Å². The van der Waals surface area contributed by atoms with Crippen LogP contribution in [0.1, 0.15) is 46.7 Å². The van der Waals surface area contributed by atoms with Crippen LogP contribution in [-0.4, -0.2) is 44.4 Å². The molecule has 2 heterocycles. The average Bonchev–Trinajstić information content (AvgIpc) is 3.12. The van der Waals surface area contributed by atoms with Crippen molar-refractivity contribution in [3.8, 4) is 22.8 Å². The summed E-state index contributed by atoms with van der Waals surface area (Å²) in [5.41, 5.74) is 1.43. The summed E-state index contributed by atoms with van der Waals surface area (Å²) in [4.78, 5) is 36.6. The molecule has 174 valence electrons. The van der Waals surface area contributed by atoms with E-state index in [4.69, 9.17) is 4.74 Å². The molecule has 2 aromatic carbocycles. The summed E-state index contributed by atoms with van der Waals surface area (Å²) in [5.74, 6) is -1.78. The zero-order valence-corrected chi connectivity index (χ0v) is 18.6.